The molecule has 1 heterocycles. The molecule has 5 nitrogen and oxygen atoms in total. The van der Waals surface area contributed by atoms with E-state index in [1.165, 1.54) is 19.2 Å². The van der Waals surface area contributed by atoms with Gasteiger partial charge in [-0.25, -0.2) is 9.67 Å². The Morgan fingerprint density at radius 1 is 1.53 bits per heavy atom. The molecule has 1 aromatic rings. The molecule has 1 amide bonds. The van der Waals surface area contributed by atoms with Crippen molar-refractivity contribution in [2.24, 2.45) is 0 Å². The van der Waals surface area contributed by atoms with Crippen molar-refractivity contribution in [3.8, 4) is 0 Å². The Kier molecular flexibility index (Phi) is 2.99. The van der Waals surface area contributed by atoms with Crippen LogP contribution in [-0.4, -0.2) is 26.7 Å². The second kappa shape index (κ2) is 4.42. The molecular formula is C10H16N4O. The van der Waals surface area contributed by atoms with E-state index in [0.29, 0.717) is 6.04 Å². The average molecular weight is 208 g/mol. The number of aromatic nitrogens is 3. The van der Waals surface area contributed by atoms with E-state index in [4.69, 9.17) is 0 Å². The molecule has 0 saturated heterocycles. The van der Waals surface area contributed by atoms with Crippen LogP contribution in [0.4, 0.5) is 0 Å². The molecule has 1 saturated carbocycles. The van der Waals surface area contributed by atoms with Crippen LogP contribution in [0, 0.1) is 0 Å². The number of amides is 1. The summed E-state index contributed by atoms with van der Waals surface area (Å²) in [4.78, 5) is 15.6. The van der Waals surface area contributed by atoms with Gasteiger partial charge in [0.15, 0.2) is 0 Å². The van der Waals surface area contributed by atoms with Crippen LogP contribution in [0.3, 0.4) is 0 Å². The monoisotopic (exact) mass is 208 g/mol. The predicted octanol–water partition coefficient (Wildman–Crippen LogP) is 0.898. The molecule has 1 fully saturated rings. The number of hydrogen-bond donors (Lipinski definition) is 1. The Morgan fingerprint density at radius 3 is 2.87 bits per heavy atom. The van der Waals surface area contributed by atoms with Gasteiger partial charge in [0.2, 0.25) is 5.91 Å². The molecule has 2 rings (SSSR count). The third-order valence-corrected chi connectivity index (χ3v) is 2.91. The number of carbonyl (C=O) groups is 1. The van der Waals surface area contributed by atoms with Crippen molar-refractivity contribution < 1.29 is 4.79 Å². The van der Waals surface area contributed by atoms with E-state index in [1.54, 1.807) is 11.0 Å². The van der Waals surface area contributed by atoms with Gasteiger partial charge in [-0.15, -0.1) is 0 Å². The lowest BCUT2D eigenvalue weighted by Gasteiger charge is -2.16. The van der Waals surface area contributed by atoms with Crippen molar-refractivity contribution in [3.63, 3.8) is 0 Å². The smallest absolute Gasteiger partial charge is 0.244 e. The fraction of sp³-hybridized carbons (Fsp3) is 0.700. The van der Waals surface area contributed by atoms with E-state index in [1.807, 2.05) is 6.92 Å². The molecule has 0 aromatic carbocycles. The van der Waals surface area contributed by atoms with Crippen LogP contribution >= 0.6 is 0 Å². The zero-order valence-electron chi connectivity index (χ0n) is 8.89. The summed E-state index contributed by atoms with van der Waals surface area (Å²) >= 11 is 0. The summed E-state index contributed by atoms with van der Waals surface area (Å²) in [5.41, 5.74) is 0. The number of nitrogens with one attached hydrogen (secondary N) is 1. The summed E-state index contributed by atoms with van der Waals surface area (Å²) in [6.45, 7) is 1.83. The summed E-state index contributed by atoms with van der Waals surface area (Å²) in [7, 11) is 0. The normalized spacial score (nSPS) is 19.0. The van der Waals surface area contributed by atoms with E-state index in [2.05, 4.69) is 15.4 Å². The van der Waals surface area contributed by atoms with Crippen LogP contribution in [0.25, 0.3) is 0 Å². The van der Waals surface area contributed by atoms with Gasteiger partial charge in [-0.1, -0.05) is 12.8 Å². The first kappa shape index (κ1) is 10.1. The van der Waals surface area contributed by atoms with Gasteiger partial charge in [0.05, 0.1) is 0 Å². The van der Waals surface area contributed by atoms with Crippen molar-refractivity contribution in [1.29, 1.82) is 0 Å². The SMILES string of the molecule is CC(C(=O)NC1CCCC1)n1cncn1. The molecule has 1 unspecified atom stereocenters. The lowest BCUT2D eigenvalue weighted by Crippen LogP contribution is -2.37. The Balaban J connectivity index is 1.90. The van der Waals surface area contributed by atoms with Gasteiger partial charge in [0.25, 0.3) is 0 Å². The summed E-state index contributed by atoms with van der Waals surface area (Å²) in [6.07, 6.45) is 7.68. The minimum atomic E-state index is -0.270. The first-order valence-corrected chi connectivity index (χ1v) is 5.42. The molecule has 82 valence electrons. The lowest BCUT2D eigenvalue weighted by atomic mass is 10.2. The molecule has 1 aliphatic carbocycles. The summed E-state index contributed by atoms with van der Waals surface area (Å²) in [5, 5.41) is 7.00. The quantitative estimate of drug-likeness (QED) is 0.802. The molecule has 0 radical (unpaired) electrons. The van der Waals surface area contributed by atoms with Crippen molar-refractivity contribution in [2.45, 2.75) is 44.7 Å². The maximum Gasteiger partial charge on any atom is 0.244 e. The minimum Gasteiger partial charge on any atom is -0.352 e. The van der Waals surface area contributed by atoms with E-state index in [0.717, 1.165) is 12.8 Å². The van der Waals surface area contributed by atoms with Gasteiger partial charge in [-0.2, -0.15) is 5.10 Å². The molecule has 15 heavy (non-hydrogen) atoms. The highest BCUT2D eigenvalue weighted by Gasteiger charge is 2.21. The summed E-state index contributed by atoms with van der Waals surface area (Å²) in [6, 6.07) is 0.0940. The van der Waals surface area contributed by atoms with Crippen molar-refractivity contribution >= 4 is 5.91 Å². The zero-order valence-corrected chi connectivity index (χ0v) is 8.89. The molecule has 1 aliphatic rings. The average Bonchev–Trinajstić information content (AvgIpc) is 2.88. The Morgan fingerprint density at radius 2 is 2.27 bits per heavy atom. The highest BCUT2D eigenvalue weighted by molar-refractivity contribution is 5.80. The molecular weight excluding hydrogens is 192 g/mol. The second-order valence-corrected chi connectivity index (χ2v) is 4.04. The molecule has 1 N–H and O–H groups in total. The first-order valence-electron chi connectivity index (χ1n) is 5.42. The zero-order chi connectivity index (χ0) is 10.7. The van der Waals surface area contributed by atoms with E-state index in [9.17, 15) is 4.79 Å². The van der Waals surface area contributed by atoms with Gasteiger partial charge < -0.3 is 5.32 Å². The first-order chi connectivity index (χ1) is 7.27. The van der Waals surface area contributed by atoms with Crippen molar-refractivity contribution in [3.05, 3.63) is 12.7 Å². The number of carbonyl (C=O) groups excluding carboxylic acids is 1. The molecule has 0 aliphatic heterocycles. The summed E-state index contributed by atoms with van der Waals surface area (Å²) < 4.78 is 1.57. The van der Waals surface area contributed by atoms with Crippen LogP contribution in [0.15, 0.2) is 12.7 Å². The Labute approximate surface area is 88.9 Å². The van der Waals surface area contributed by atoms with Crippen LogP contribution in [0.1, 0.15) is 38.6 Å². The predicted molar refractivity (Wildman–Crippen MR) is 55.1 cm³/mol. The van der Waals surface area contributed by atoms with Crippen LogP contribution in [-0.2, 0) is 4.79 Å². The third-order valence-electron chi connectivity index (χ3n) is 2.91. The van der Waals surface area contributed by atoms with Crippen molar-refractivity contribution in [1.82, 2.24) is 20.1 Å². The number of nitrogens with zero attached hydrogens (tertiary/aromatic N) is 3. The van der Waals surface area contributed by atoms with Gasteiger partial charge in [0.1, 0.15) is 18.7 Å². The molecule has 1 atom stereocenters. The Bertz CT molecular complexity index is 316. The third kappa shape index (κ3) is 2.34. The van der Waals surface area contributed by atoms with Gasteiger partial charge in [0, 0.05) is 6.04 Å². The fourth-order valence-electron chi connectivity index (χ4n) is 1.93. The topological polar surface area (TPSA) is 59.8 Å². The van der Waals surface area contributed by atoms with Gasteiger partial charge in [-0.3, -0.25) is 4.79 Å². The van der Waals surface area contributed by atoms with Crippen molar-refractivity contribution in [2.75, 3.05) is 0 Å². The van der Waals surface area contributed by atoms with Gasteiger partial charge >= 0.3 is 0 Å². The molecule has 1 aromatic heterocycles. The Hall–Kier alpha value is -1.39. The minimum absolute atomic E-state index is 0.0346. The maximum atomic E-state index is 11.8. The molecule has 0 bridgehead atoms. The summed E-state index contributed by atoms with van der Waals surface area (Å²) in [5.74, 6) is 0.0346. The van der Waals surface area contributed by atoms with Gasteiger partial charge in [-0.05, 0) is 19.8 Å². The highest BCUT2D eigenvalue weighted by Crippen LogP contribution is 2.18. The van der Waals surface area contributed by atoms with E-state index >= 15 is 0 Å². The fourth-order valence-corrected chi connectivity index (χ4v) is 1.93. The number of hydrogen-bond acceptors (Lipinski definition) is 3. The maximum absolute atomic E-state index is 11.8. The van der Waals surface area contributed by atoms with Crippen LogP contribution < -0.4 is 5.32 Å². The molecule has 5 heteroatoms. The second-order valence-electron chi connectivity index (χ2n) is 4.04. The largest absolute Gasteiger partial charge is 0.352 e. The van der Waals surface area contributed by atoms with E-state index < -0.39 is 0 Å². The van der Waals surface area contributed by atoms with E-state index in [-0.39, 0.29) is 11.9 Å². The standard InChI is InChI=1S/C10H16N4O/c1-8(14-7-11-6-12-14)10(15)13-9-4-2-3-5-9/h6-9H,2-5H2,1H3,(H,13,15). The van der Waals surface area contributed by atoms with Crippen LogP contribution in [0.2, 0.25) is 0 Å². The number of rotatable bonds is 3. The molecule has 0 spiro atoms. The lowest BCUT2D eigenvalue weighted by molar-refractivity contribution is -0.124. The van der Waals surface area contributed by atoms with Crippen LogP contribution in [0.5, 0.6) is 0 Å². The highest BCUT2D eigenvalue weighted by atomic mass is 16.2.